The van der Waals surface area contributed by atoms with E-state index in [0.717, 1.165) is 12.8 Å². The summed E-state index contributed by atoms with van der Waals surface area (Å²) in [5.74, 6) is 0. The van der Waals surface area contributed by atoms with Gasteiger partial charge in [-0.05, 0) is 6.42 Å². The van der Waals surface area contributed by atoms with E-state index in [1.807, 2.05) is 0 Å². The van der Waals surface area contributed by atoms with E-state index in [0.29, 0.717) is 0 Å². The summed E-state index contributed by atoms with van der Waals surface area (Å²) in [5, 5.41) is 0. The number of halogens is 3. The minimum Gasteiger partial charge on any atom is -0.269 e. The van der Waals surface area contributed by atoms with E-state index in [1.165, 1.54) is 6.42 Å². The molecule has 0 spiro atoms. The highest BCUT2D eigenvalue weighted by Crippen LogP contribution is 2.10. The van der Waals surface area contributed by atoms with Crippen LogP contribution in [0.2, 0.25) is 0 Å². The highest BCUT2D eigenvalue weighted by molar-refractivity contribution is 6.44. The first-order chi connectivity index (χ1) is 3.27. The van der Waals surface area contributed by atoms with Crippen LogP contribution in [0.3, 0.4) is 0 Å². The van der Waals surface area contributed by atoms with Crippen LogP contribution in [-0.2, 0) is 0 Å². The second-order valence-electron chi connectivity index (χ2n) is 1.53. The molecule has 0 N–H and O–H groups in total. The molecule has 0 heterocycles. The molecular weight excluding hydrogens is 162 g/mol. The van der Waals surface area contributed by atoms with Crippen LogP contribution < -0.4 is 0 Å². The van der Waals surface area contributed by atoms with E-state index in [1.54, 1.807) is 0 Å². The molecule has 0 amide bonds. The van der Waals surface area contributed by atoms with E-state index in [4.69, 9.17) is 23.2 Å². The zero-order chi connectivity index (χ0) is 5.70. The molecule has 0 atom stereocenters. The summed E-state index contributed by atoms with van der Waals surface area (Å²) in [6.07, 6.45) is 3.24. The van der Waals surface area contributed by atoms with Crippen LogP contribution >= 0.6 is 23.2 Å². The van der Waals surface area contributed by atoms with Gasteiger partial charge in [-0.15, -0.1) is 23.2 Å². The number of hydrogen-bond acceptors (Lipinski definition) is 0. The number of rotatable bonds is 3. The van der Waals surface area contributed by atoms with Crippen molar-refractivity contribution < 1.29 is 4.70 Å². The monoisotopic (exact) mass is 176 g/mol. The van der Waals surface area contributed by atoms with Crippen LogP contribution in [0, 0.1) is 0 Å². The third-order valence-corrected chi connectivity index (χ3v) is 1.21. The van der Waals surface area contributed by atoms with Crippen molar-refractivity contribution in [3.63, 3.8) is 0 Å². The van der Waals surface area contributed by atoms with Crippen LogP contribution in [0.5, 0.6) is 0 Å². The lowest BCUT2D eigenvalue weighted by atomic mass is 10.3. The Labute approximate surface area is 66.9 Å². The Kier molecular flexibility index (Phi) is 20.4. The molecule has 0 aromatic heterocycles. The van der Waals surface area contributed by atoms with Crippen LogP contribution in [-0.4, -0.2) is 4.84 Å². The van der Waals surface area contributed by atoms with E-state index < -0.39 is 0 Å². The van der Waals surface area contributed by atoms with Crippen molar-refractivity contribution in [3.8, 4) is 0 Å². The summed E-state index contributed by atoms with van der Waals surface area (Å²) in [6, 6.07) is 0. The molecule has 0 rings (SSSR count). The largest absolute Gasteiger partial charge is 0.269 e. The molecule has 0 nitrogen and oxygen atoms in total. The third kappa shape index (κ3) is 17.7. The van der Waals surface area contributed by atoms with Gasteiger partial charge in [-0.25, -0.2) is 0 Å². The molecule has 9 heavy (non-hydrogen) atoms. The van der Waals surface area contributed by atoms with Crippen molar-refractivity contribution in [3.05, 3.63) is 0 Å². The van der Waals surface area contributed by atoms with Gasteiger partial charge in [0.1, 0.15) is 4.84 Å². The maximum absolute atomic E-state index is 5.42. The van der Waals surface area contributed by atoms with Gasteiger partial charge >= 0.3 is 0 Å². The number of alkyl halides is 2. The number of unbranched alkanes of at least 4 members (excludes halogenated alkanes) is 1. The van der Waals surface area contributed by atoms with Crippen LogP contribution in [0.4, 0.5) is 4.70 Å². The quantitative estimate of drug-likeness (QED) is 0.575. The van der Waals surface area contributed by atoms with Crippen LogP contribution in [0.25, 0.3) is 0 Å². The Balaban J connectivity index is -0.000000180. The third-order valence-electron chi connectivity index (χ3n) is 0.776. The molecule has 0 radical (unpaired) electrons. The van der Waals surface area contributed by atoms with E-state index in [2.05, 4.69) is 6.92 Å². The van der Waals surface area contributed by atoms with Crippen LogP contribution in [0.1, 0.15) is 33.6 Å². The molecular formula is C6H15Cl2F. The number of hydrogen-bond donors (Lipinski definition) is 0. The molecule has 0 saturated heterocycles. The fourth-order valence-corrected chi connectivity index (χ4v) is 0.667. The zero-order valence-electron chi connectivity index (χ0n) is 4.86. The van der Waals surface area contributed by atoms with Crippen molar-refractivity contribution in [2.75, 3.05) is 0 Å². The van der Waals surface area contributed by atoms with Gasteiger partial charge in [0, 0.05) is 0 Å². The van der Waals surface area contributed by atoms with Crippen molar-refractivity contribution >= 4 is 23.2 Å². The summed E-state index contributed by atoms with van der Waals surface area (Å²) in [6.45, 7) is 2.12. The molecule has 0 saturated carbocycles. The second-order valence-corrected chi connectivity index (χ2v) is 2.81. The average Bonchev–Trinajstić information content (AvgIpc) is 1.61. The first-order valence-corrected chi connectivity index (χ1v) is 3.42. The Morgan fingerprint density at radius 1 is 1.33 bits per heavy atom. The smallest absolute Gasteiger partial charge is 0.107 e. The van der Waals surface area contributed by atoms with Crippen molar-refractivity contribution in [2.24, 2.45) is 0 Å². The Hall–Kier alpha value is 0.510. The van der Waals surface area contributed by atoms with Gasteiger partial charge in [-0.3, -0.25) is 4.70 Å². The molecule has 3 heteroatoms. The summed E-state index contributed by atoms with van der Waals surface area (Å²) in [7, 11) is 0. The van der Waals surface area contributed by atoms with Gasteiger partial charge < -0.3 is 0 Å². The topological polar surface area (TPSA) is 0 Å². The van der Waals surface area contributed by atoms with Crippen LogP contribution in [0.15, 0.2) is 0 Å². The minimum atomic E-state index is -0.153. The highest BCUT2D eigenvalue weighted by atomic mass is 35.5. The summed E-state index contributed by atoms with van der Waals surface area (Å²) in [4.78, 5) is -0.153. The van der Waals surface area contributed by atoms with Gasteiger partial charge in [-0.1, -0.05) is 27.2 Å². The molecule has 0 aromatic carbocycles. The summed E-state index contributed by atoms with van der Waals surface area (Å²) < 4.78 is 0. The SMILES string of the molecule is C.CCCCC(Cl)Cl.F. The van der Waals surface area contributed by atoms with Crippen molar-refractivity contribution in [2.45, 2.75) is 38.4 Å². The minimum absolute atomic E-state index is 0. The molecule has 0 aromatic rings. The molecule has 60 valence electrons. The summed E-state index contributed by atoms with van der Waals surface area (Å²) >= 11 is 10.8. The second kappa shape index (κ2) is 11.3. The Morgan fingerprint density at radius 3 is 1.89 bits per heavy atom. The van der Waals surface area contributed by atoms with Gasteiger partial charge in [0.15, 0.2) is 0 Å². The van der Waals surface area contributed by atoms with Crippen molar-refractivity contribution in [1.82, 2.24) is 0 Å². The first kappa shape index (κ1) is 16.3. The fourth-order valence-electron chi connectivity index (χ4n) is 0.358. The Morgan fingerprint density at radius 2 is 1.78 bits per heavy atom. The zero-order valence-corrected chi connectivity index (χ0v) is 6.37. The van der Waals surface area contributed by atoms with E-state index in [-0.39, 0.29) is 17.0 Å². The van der Waals surface area contributed by atoms with Gasteiger partial charge in [0.05, 0.1) is 0 Å². The predicted molar refractivity (Wildman–Crippen MR) is 44.3 cm³/mol. The van der Waals surface area contributed by atoms with Gasteiger partial charge in [-0.2, -0.15) is 0 Å². The Bertz CT molecular complexity index is 40.0. The maximum atomic E-state index is 5.42. The lowest BCUT2D eigenvalue weighted by molar-refractivity contribution is 0.756. The van der Waals surface area contributed by atoms with E-state index >= 15 is 0 Å². The molecule has 0 bridgehead atoms. The normalized spacial score (nSPS) is 8.00. The molecule has 0 fully saturated rings. The fraction of sp³-hybridized carbons (Fsp3) is 1.00. The molecule has 0 aliphatic carbocycles. The van der Waals surface area contributed by atoms with Crippen molar-refractivity contribution in [1.29, 1.82) is 0 Å². The first-order valence-electron chi connectivity index (χ1n) is 2.55. The molecule has 0 aliphatic heterocycles. The molecule has 0 unspecified atom stereocenters. The average molecular weight is 177 g/mol. The summed E-state index contributed by atoms with van der Waals surface area (Å²) in [5.41, 5.74) is 0. The lowest BCUT2D eigenvalue weighted by Gasteiger charge is -1.94. The lowest BCUT2D eigenvalue weighted by Crippen LogP contribution is -1.83. The highest BCUT2D eigenvalue weighted by Gasteiger charge is 1.93. The maximum Gasteiger partial charge on any atom is 0.107 e. The van der Waals surface area contributed by atoms with Gasteiger partial charge in [0.25, 0.3) is 0 Å². The molecule has 0 aliphatic rings. The standard InChI is InChI=1S/C5H10Cl2.CH4.FH/c1-2-3-4-5(6)7;;/h5H,2-4H2,1H3;1H4;1H. The van der Waals surface area contributed by atoms with Gasteiger partial charge in [0.2, 0.25) is 0 Å². The van der Waals surface area contributed by atoms with E-state index in [9.17, 15) is 0 Å². The predicted octanol–water partition coefficient (Wildman–Crippen LogP) is 3.77.